The molecule has 0 bridgehead atoms. The van der Waals surface area contributed by atoms with Crippen molar-refractivity contribution in [1.29, 1.82) is 0 Å². The maximum absolute atomic E-state index is 9.11. The van der Waals surface area contributed by atoms with E-state index in [-0.39, 0.29) is 6.10 Å². The van der Waals surface area contributed by atoms with E-state index in [0.29, 0.717) is 5.22 Å². The highest BCUT2D eigenvalue weighted by molar-refractivity contribution is 7.99. The summed E-state index contributed by atoms with van der Waals surface area (Å²) in [6, 6.07) is 7.70. The van der Waals surface area contributed by atoms with Crippen molar-refractivity contribution in [3.8, 4) is 0 Å². The van der Waals surface area contributed by atoms with Crippen LogP contribution in [0.2, 0.25) is 0 Å². The van der Waals surface area contributed by atoms with Gasteiger partial charge in [-0.25, -0.2) is 4.98 Å². The number of aliphatic hydroxyl groups is 1. The molecule has 0 spiro atoms. The van der Waals surface area contributed by atoms with Crippen molar-refractivity contribution in [1.82, 2.24) is 4.98 Å². The fraction of sp³-hybridized carbons (Fsp3) is 0.364. The maximum Gasteiger partial charge on any atom is 0.256 e. The molecule has 1 heterocycles. The number of fused-ring (bicyclic) bond motifs is 1. The van der Waals surface area contributed by atoms with E-state index in [9.17, 15) is 0 Å². The molecule has 0 aliphatic heterocycles. The molecule has 1 N–H and O–H groups in total. The molecule has 1 aromatic heterocycles. The van der Waals surface area contributed by atoms with E-state index in [2.05, 4.69) is 4.98 Å². The van der Waals surface area contributed by atoms with E-state index in [1.165, 1.54) is 11.8 Å². The lowest BCUT2D eigenvalue weighted by atomic mass is 10.3. The van der Waals surface area contributed by atoms with Crippen LogP contribution in [-0.4, -0.2) is 21.9 Å². The average molecular weight is 223 g/mol. The van der Waals surface area contributed by atoms with Crippen LogP contribution in [0.3, 0.4) is 0 Å². The Morgan fingerprint density at radius 3 is 3.00 bits per heavy atom. The maximum atomic E-state index is 9.11. The molecule has 15 heavy (non-hydrogen) atoms. The van der Waals surface area contributed by atoms with Crippen molar-refractivity contribution in [2.75, 3.05) is 5.75 Å². The van der Waals surface area contributed by atoms with Gasteiger partial charge in [0, 0.05) is 5.75 Å². The van der Waals surface area contributed by atoms with Crippen LogP contribution in [0.15, 0.2) is 33.9 Å². The minimum atomic E-state index is -0.262. The van der Waals surface area contributed by atoms with E-state index in [1.54, 1.807) is 6.92 Å². The molecule has 4 heteroatoms. The van der Waals surface area contributed by atoms with Gasteiger partial charge in [0.25, 0.3) is 5.22 Å². The summed E-state index contributed by atoms with van der Waals surface area (Å²) in [6.45, 7) is 1.78. The van der Waals surface area contributed by atoms with Crippen molar-refractivity contribution in [2.45, 2.75) is 24.7 Å². The number of aliphatic hydroxyl groups excluding tert-OH is 1. The van der Waals surface area contributed by atoms with Gasteiger partial charge in [0.05, 0.1) is 6.10 Å². The highest BCUT2D eigenvalue weighted by Crippen LogP contribution is 2.23. The standard InChI is InChI=1S/C11H13NO2S/c1-8(13)6-7-15-11-12-9-4-2-3-5-10(9)14-11/h2-5,8,13H,6-7H2,1H3/t8-/m0/s1. The molecule has 0 radical (unpaired) electrons. The summed E-state index contributed by atoms with van der Waals surface area (Å²) in [5.74, 6) is 0.824. The van der Waals surface area contributed by atoms with Crippen molar-refractivity contribution in [2.24, 2.45) is 0 Å². The van der Waals surface area contributed by atoms with Crippen LogP contribution in [0, 0.1) is 0 Å². The Bertz CT molecular complexity index is 406. The fourth-order valence-electron chi connectivity index (χ4n) is 1.23. The lowest BCUT2D eigenvalue weighted by Gasteiger charge is -1.99. The first kappa shape index (κ1) is 10.5. The van der Waals surface area contributed by atoms with Gasteiger partial charge < -0.3 is 9.52 Å². The lowest BCUT2D eigenvalue weighted by molar-refractivity contribution is 0.192. The van der Waals surface area contributed by atoms with Crippen LogP contribution in [0.25, 0.3) is 11.1 Å². The Morgan fingerprint density at radius 2 is 2.27 bits per heavy atom. The number of hydrogen-bond donors (Lipinski definition) is 1. The molecule has 0 unspecified atom stereocenters. The predicted molar refractivity (Wildman–Crippen MR) is 61.0 cm³/mol. The SMILES string of the molecule is C[C@H](O)CCSc1nc2ccccc2o1. The van der Waals surface area contributed by atoms with E-state index in [1.807, 2.05) is 24.3 Å². The molecule has 2 rings (SSSR count). The first-order valence-electron chi connectivity index (χ1n) is 4.92. The second kappa shape index (κ2) is 4.68. The number of nitrogens with zero attached hydrogens (tertiary/aromatic N) is 1. The molecule has 0 aliphatic carbocycles. The number of benzene rings is 1. The van der Waals surface area contributed by atoms with Gasteiger partial charge in [-0.1, -0.05) is 23.9 Å². The Morgan fingerprint density at radius 1 is 1.47 bits per heavy atom. The van der Waals surface area contributed by atoms with Gasteiger partial charge in [0.1, 0.15) is 5.52 Å². The molecule has 1 atom stereocenters. The highest BCUT2D eigenvalue weighted by Gasteiger charge is 2.05. The molecule has 3 nitrogen and oxygen atoms in total. The monoisotopic (exact) mass is 223 g/mol. The van der Waals surface area contributed by atoms with Crippen LogP contribution in [0.1, 0.15) is 13.3 Å². The first-order valence-corrected chi connectivity index (χ1v) is 5.91. The van der Waals surface area contributed by atoms with Crippen molar-refractivity contribution in [3.05, 3.63) is 24.3 Å². The molecule has 0 saturated carbocycles. The number of para-hydroxylation sites is 2. The third-order valence-corrected chi connectivity index (χ3v) is 2.90. The number of rotatable bonds is 4. The Balaban J connectivity index is 2.03. The van der Waals surface area contributed by atoms with Crippen LogP contribution < -0.4 is 0 Å². The van der Waals surface area contributed by atoms with Crippen LogP contribution in [-0.2, 0) is 0 Å². The smallest absolute Gasteiger partial charge is 0.256 e. The highest BCUT2D eigenvalue weighted by atomic mass is 32.2. The quantitative estimate of drug-likeness (QED) is 0.809. The average Bonchev–Trinajstić information content (AvgIpc) is 2.59. The first-order chi connectivity index (χ1) is 7.25. The van der Waals surface area contributed by atoms with E-state index in [4.69, 9.17) is 9.52 Å². The zero-order valence-corrected chi connectivity index (χ0v) is 9.33. The molecule has 0 amide bonds. The summed E-state index contributed by atoms with van der Waals surface area (Å²) >= 11 is 1.54. The van der Waals surface area contributed by atoms with Crippen molar-refractivity contribution in [3.63, 3.8) is 0 Å². The van der Waals surface area contributed by atoms with Crippen molar-refractivity contribution >= 4 is 22.9 Å². The topological polar surface area (TPSA) is 46.3 Å². The minimum Gasteiger partial charge on any atom is -0.431 e. The third kappa shape index (κ3) is 2.73. The van der Waals surface area contributed by atoms with Gasteiger partial charge in [0.2, 0.25) is 0 Å². The number of oxazole rings is 1. The molecular formula is C11H13NO2S. The minimum absolute atomic E-state index is 0.262. The molecule has 0 fully saturated rings. The van der Waals surface area contributed by atoms with Crippen LogP contribution >= 0.6 is 11.8 Å². The number of aromatic nitrogens is 1. The Kier molecular flexibility index (Phi) is 3.28. The van der Waals surface area contributed by atoms with Gasteiger partial charge in [-0.2, -0.15) is 0 Å². The third-order valence-electron chi connectivity index (χ3n) is 2.04. The zero-order valence-electron chi connectivity index (χ0n) is 8.51. The normalized spacial score (nSPS) is 13.2. The van der Waals surface area contributed by atoms with Gasteiger partial charge in [-0.15, -0.1) is 0 Å². The summed E-state index contributed by atoms with van der Waals surface area (Å²) in [4.78, 5) is 4.32. The summed E-state index contributed by atoms with van der Waals surface area (Å²) in [5.41, 5.74) is 1.70. The summed E-state index contributed by atoms with van der Waals surface area (Å²) in [7, 11) is 0. The van der Waals surface area contributed by atoms with Gasteiger partial charge in [0.15, 0.2) is 5.58 Å². The van der Waals surface area contributed by atoms with Crippen LogP contribution in [0.4, 0.5) is 0 Å². The second-order valence-electron chi connectivity index (χ2n) is 3.43. The largest absolute Gasteiger partial charge is 0.431 e. The van der Waals surface area contributed by atoms with E-state index in [0.717, 1.165) is 23.3 Å². The lowest BCUT2D eigenvalue weighted by Crippen LogP contribution is -2.00. The van der Waals surface area contributed by atoms with E-state index < -0.39 is 0 Å². The van der Waals surface area contributed by atoms with Gasteiger partial charge in [-0.05, 0) is 25.5 Å². The molecule has 0 saturated heterocycles. The predicted octanol–water partition coefficient (Wildman–Crippen LogP) is 2.69. The second-order valence-corrected chi connectivity index (χ2v) is 4.48. The van der Waals surface area contributed by atoms with E-state index >= 15 is 0 Å². The summed E-state index contributed by atoms with van der Waals surface area (Å²) in [6.07, 6.45) is 0.491. The molecule has 1 aromatic carbocycles. The Hall–Kier alpha value is -1.00. The molecular weight excluding hydrogens is 210 g/mol. The zero-order chi connectivity index (χ0) is 10.7. The summed E-state index contributed by atoms with van der Waals surface area (Å²) in [5, 5.41) is 9.78. The van der Waals surface area contributed by atoms with Crippen molar-refractivity contribution < 1.29 is 9.52 Å². The number of thioether (sulfide) groups is 1. The van der Waals surface area contributed by atoms with Crippen LogP contribution in [0.5, 0.6) is 0 Å². The van der Waals surface area contributed by atoms with Gasteiger partial charge >= 0.3 is 0 Å². The summed E-state index contributed by atoms with van der Waals surface area (Å²) < 4.78 is 5.52. The molecule has 2 aromatic rings. The fourth-order valence-corrected chi connectivity index (χ4v) is 2.17. The molecule has 80 valence electrons. The Labute approximate surface area is 92.5 Å². The number of hydrogen-bond acceptors (Lipinski definition) is 4. The molecule has 0 aliphatic rings. The van der Waals surface area contributed by atoms with Gasteiger partial charge in [-0.3, -0.25) is 0 Å².